The Hall–Kier alpha value is -2.17. The third-order valence-corrected chi connectivity index (χ3v) is 5.29. The van der Waals surface area contributed by atoms with Crippen LogP contribution in [0.2, 0.25) is 0 Å². The minimum absolute atomic E-state index is 0.0444. The molecule has 1 N–H and O–H groups in total. The standard InChI is InChI=1S/C19H24N4O/c1-2-17-21-22-18-10-9-16(12-23(17)18)20-19(24)15-8-7-13-5-3-4-6-14(13)11-15/h7-8,11,16H,2-6,9-10,12H2,1H3,(H,20,24)/t16-/m1/s1. The Morgan fingerprint density at radius 1 is 1.21 bits per heavy atom. The van der Waals surface area contributed by atoms with Gasteiger partial charge in [0, 0.05) is 31.0 Å². The highest BCUT2D eigenvalue weighted by atomic mass is 16.1. The molecule has 1 aromatic carbocycles. The number of fused-ring (bicyclic) bond motifs is 2. The molecule has 1 aromatic heterocycles. The lowest BCUT2D eigenvalue weighted by Crippen LogP contribution is -2.41. The maximum Gasteiger partial charge on any atom is 0.251 e. The van der Waals surface area contributed by atoms with Crippen LogP contribution < -0.4 is 5.32 Å². The molecule has 5 nitrogen and oxygen atoms in total. The van der Waals surface area contributed by atoms with E-state index < -0.39 is 0 Å². The zero-order valence-electron chi connectivity index (χ0n) is 14.2. The summed E-state index contributed by atoms with van der Waals surface area (Å²) in [4.78, 5) is 12.7. The number of aryl methyl sites for hydroxylation is 4. The van der Waals surface area contributed by atoms with Crippen LogP contribution in [-0.4, -0.2) is 26.7 Å². The minimum Gasteiger partial charge on any atom is -0.347 e. The Bertz CT molecular complexity index is 751. The Morgan fingerprint density at radius 3 is 2.88 bits per heavy atom. The minimum atomic E-state index is 0.0444. The molecule has 5 heteroatoms. The Labute approximate surface area is 142 Å². The van der Waals surface area contributed by atoms with E-state index in [0.29, 0.717) is 0 Å². The molecule has 0 saturated heterocycles. The molecular weight excluding hydrogens is 300 g/mol. The average Bonchev–Trinajstić information content (AvgIpc) is 3.03. The van der Waals surface area contributed by atoms with Crippen LogP contribution in [0.1, 0.15) is 59.3 Å². The quantitative estimate of drug-likeness (QED) is 0.943. The topological polar surface area (TPSA) is 59.8 Å². The summed E-state index contributed by atoms with van der Waals surface area (Å²) in [6.07, 6.45) is 7.43. The Balaban J connectivity index is 1.47. The number of aromatic nitrogens is 3. The highest BCUT2D eigenvalue weighted by molar-refractivity contribution is 5.94. The second-order valence-corrected chi connectivity index (χ2v) is 6.90. The van der Waals surface area contributed by atoms with Gasteiger partial charge in [-0.2, -0.15) is 0 Å². The van der Waals surface area contributed by atoms with Gasteiger partial charge >= 0.3 is 0 Å². The first-order valence-electron chi connectivity index (χ1n) is 9.08. The third kappa shape index (κ3) is 2.83. The predicted octanol–water partition coefficient (Wildman–Crippen LogP) is 2.46. The van der Waals surface area contributed by atoms with Gasteiger partial charge in [-0.05, 0) is 55.4 Å². The van der Waals surface area contributed by atoms with Crippen LogP contribution >= 0.6 is 0 Å². The summed E-state index contributed by atoms with van der Waals surface area (Å²) in [5.74, 6) is 2.10. The van der Waals surface area contributed by atoms with Gasteiger partial charge in [0.25, 0.3) is 5.91 Å². The maximum absolute atomic E-state index is 12.7. The van der Waals surface area contributed by atoms with E-state index >= 15 is 0 Å². The molecule has 126 valence electrons. The predicted molar refractivity (Wildman–Crippen MR) is 92.1 cm³/mol. The van der Waals surface area contributed by atoms with Gasteiger partial charge in [-0.25, -0.2) is 0 Å². The zero-order chi connectivity index (χ0) is 16.5. The fraction of sp³-hybridized carbons (Fsp3) is 0.526. The lowest BCUT2D eigenvalue weighted by molar-refractivity contribution is 0.0927. The van der Waals surface area contributed by atoms with Crippen LogP contribution in [-0.2, 0) is 32.2 Å². The maximum atomic E-state index is 12.7. The zero-order valence-corrected chi connectivity index (χ0v) is 14.2. The summed E-state index contributed by atoms with van der Waals surface area (Å²) >= 11 is 0. The molecule has 0 spiro atoms. The number of carbonyl (C=O) groups excluding carboxylic acids is 1. The molecule has 0 bridgehead atoms. The summed E-state index contributed by atoms with van der Waals surface area (Å²) < 4.78 is 2.17. The van der Waals surface area contributed by atoms with Crippen molar-refractivity contribution in [3.05, 3.63) is 46.5 Å². The van der Waals surface area contributed by atoms with Crippen LogP contribution in [0.25, 0.3) is 0 Å². The highest BCUT2D eigenvalue weighted by Gasteiger charge is 2.24. The Kier molecular flexibility index (Phi) is 4.08. The molecule has 2 aromatic rings. The van der Waals surface area contributed by atoms with Gasteiger partial charge in [0.2, 0.25) is 0 Å². The van der Waals surface area contributed by atoms with Crippen molar-refractivity contribution in [1.29, 1.82) is 0 Å². The van der Waals surface area contributed by atoms with Crippen molar-refractivity contribution >= 4 is 5.91 Å². The number of hydrogen-bond donors (Lipinski definition) is 1. The molecule has 24 heavy (non-hydrogen) atoms. The van der Waals surface area contributed by atoms with Gasteiger partial charge < -0.3 is 9.88 Å². The van der Waals surface area contributed by atoms with E-state index in [0.717, 1.165) is 55.9 Å². The van der Waals surface area contributed by atoms with Crippen molar-refractivity contribution in [3.63, 3.8) is 0 Å². The van der Waals surface area contributed by atoms with Crippen molar-refractivity contribution in [2.45, 2.75) is 64.5 Å². The number of nitrogens with one attached hydrogen (secondary N) is 1. The molecule has 2 heterocycles. The SMILES string of the molecule is CCc1nnc2n1C[C@H](NC(=O)c1ccc3c(c1)CCCC3)CC2. The molecule has 1 aliphatic heterocycles. The third-order valence-electron chi connectivity index (χ3n) is 5.29. The van der Waals surface area contributed by atoms with Crippen molar-refractivity contribution in [1.82, 2.24) is 20.1 Å². The van der Waals surface area contributed by atoms with Gasteiger partial charge in [0.1, 0.15) is 11.6 Å². The van der Waals surface area contributed by atoms with E-state index in [9.17, 15) is 4.79 Å². The van der Waals surface area contributed by atoms with E-state index in [1.165, 1.54) is 24.0 Å². The molecule has 0 radical (unpaired) electrons. The highest BCUT2D eigenvalue weighted by Crippen LogP contribution is 2.22. The largest absolute Gasteiger partial charge is 0.347 e. The van der Waals surface area contributed by atoms with Gasteiger partial charge in [-0.15, -0.1) is 10.2 Å². The lowest BCUT2D eigenvalue weighted by Gasteiger charge is -2.25. The number of benzene rings is 1. The molecule has 0 saturated carbocycles. The van der Waals surface area contributed by atoms with Crippen molar-refractivity contribution in [3.8, 4) is 0 Å². The van der Waals surface area contributed by atoms with Crippen molar-refractivity contribution in [2.24, 2.45) is 0 Å². The van der Waals surface area contributed by atoms with Crippen LogP contribution in [0.4, 0.5) is 0 Å². The second kappa shape index (κ2) is 6.38. The molecule has 1 amide bonds. The fourth-order valence-electron chi connectivity index (χ4n) is 3.91. The lowest BCUT2D eigenvalue weighted by atomic mass is 9.90. The molecule has 1 atom stereocenters. The smallest absolute Gasteiger partial charge is 0.251 e. The number of carbonyl (C=O) groups is 1. The summed E-state index contributed by atoms with van der Waals surface area (Å²) in [6.45, 7) is 2.87. The van der Waals surface area contributed by atoms with Gasteiger partial charge in [-0.1, -0.05) is 13.0 Å². The van der Waals surface area contributed by atoms with Gasteiger partial charge in [-0.3, -0.25) is 4.79 Å². The van der Waals surface area contributed by atoms with Crippen LogP contribution in [0, 0.1) is 0 Å². The van der Waals surface area contributed by atoms with Gasteiger partial charge in [0.15, 0.2) is 0 Å². The van der Waals surface area contributed by atoms with Gasteiger partial charge in [0.05, 0.1) is 0 Å². The van der Waals surface area contributed by atoms with E-state index in [4.69, 9.17) is 0 Å². The van der Waals surface area contributed by atoms with Crippen LogP contribution in [0.3, 0.4) is 0 Å². The molecule has 0 unspecified atom stereocenters. The second-order valence-electron chi connectivity index (χ2n) is 6.90. The summed E-state index contributed by atoms with van der Waals surface area (Å²) in [6, 6.07) is 6.36. The van der Waals surface area contributed by atoms with E-state index in [1.54, 1.807) is 0 Å². The number of amides is 1. The monoisotopic (exact) mass is 324 g/mol. The first-order chi connectivity index (χ1) is 11.7. The van der Waals surface area contributed by atoms with E-state index in [1.807, 2.05) is 6.07 Å². The summed E-state index contributed by atoms with van der Waals surface area (Å²) in [5, 5.41) is 11.7. The summed E-state index contributed by atoms with van der Waals surface area (Å²) in [5.41, 5.74) is 3.56. The molecular formula is C19H24N4O. The first-order valence-corrected chi connectivity index (χ1v) is 9.08. The van der Waals surface area contributed by atoms with Crippen molar-refractivity contribution in [2.75, 3.05) is 0 Å². The summed E-state index contributed by atoms with van der Waals surface area (Å²) in [7, 11) is 0. The van der Waals surface area contributed by atoms with Crippen LogP contribution in [0.15, 0.2) is 18.2 Å². The molecule has 0 fully saturated rings. The molecule has 1 aliphatic carbocycles. The van der Waals surface area contributed by atoms with E-state index in [-0.39, 0.29) is 11.9 Å². The number of rotatable bonds is 3. The molecule has 2 aliphatic rings. The Morgan fingerprint density at radius 2 is 2.04 bits per heavy atom. The van der Waals surface area contributed by atoms with E-state index in [2.05, 4.69) is 39.1 Å². The number of nitrogens with zero attached hydrogens (tertiary/aromatic N) is 3. The number of hydrogen-bond acceptors (Lipinski definition) is 3. The molecule has 4 rings (SSSR count). The first kappa shape index (κ1) is 15.4. The fourth-order valence-corrected chi connectivity index (χ4v) is 3.91. The van der Waals surface area contributed by atoms with Crippen molar-refractivity contribution < 1.29 is 4.79 Å². The normalized spacial score (nSPS) is 19.5. The van der Waals surface area contributed by atoms with Crippen LogP contribution in [0.5, 0.6) is 0 Å². The average molecular weight is 324 g/mol.